The topological polar surface area (TPSA) is 108 Å². The van der Waals surface area contributed by atoms with Crippen LogP contribution in [0.1, 0.15) is 11.3 Å². The van der Waals surface area contributed by atoms with Crippen molar-refractivity contribution in [3.05, 3.63) is 59.4 Å². The van der Waals surface area contributed by atoms with Gasteiger partial charge in [-0.15, -0.1) is 0 Å². The second-order valence-electron chi connectivity index (χ2n) is 6.53. The third-order valence-electron chi connectivity index (χ3n) is 4.35. The van der Waals surface area contributed by atoms with E-state index in [2.05, 4.69) is 9.39 Å². The van der Waals surface area contributed by atoms with Gasteiger partial charge in [-0.2, -0.15) is 22.6 Å². The summed E-state index contributed by atoms with van der Waals surface area (Å²) >= 11 is 0.667. The number of carbonyl (C=O) groups is 1. The Morgan fingerprint density at radius 2 is 1.94 bits per heavy atom. The van der Waals surface area contributed by atoms with Crippen LogP contribution in [0.3, 0.4) is 0 Å². The molecule has 2 aliphatic heterocycles. The Morgan fingerprint density at radius 3 is 2.61 bits per heavy atom. The highest BCUT2D eigenvalue weighted by atomic mass is 32.2. The molecular weight excluding hydrogens is 455 g/mol. The number of hydrogen-bond acceptors (Lipinski definition) is 6. The highest BCUT2D eigenvalue weighted by Crippen LogP contribution is 2.32. The first-order valence-corrected chi connectivity index (χ1v) is 11.2. The maximum absolute atomic E-state index is 13.1. The number of hydrogen-bond donors (Lipinski definition) is 1. The fraction of sp³-hybridized carbons (Fsp3) is 0.111. The SMILES string of the molecule is CS(=O)(=O)C1=NSC2=NC(=O)/C(=C\c3cccn3-c3cccc(C(F)(F)F)c3)C(=N)N21. The largest absolute Gasteiger partial charge is 0.416 e. The van der Waals surface area contributed by atoms with Crippen LogP contribution in [-0.4, -0.2) is 46.2 Å². The molecule has 0 unspecified atom stereocenters. The molecule has 2 aliphatic rings. The van der Waals surface area contributed by atoms with E-state index in [-0.39, 0.29) is 16.4 Å². The standard InChI is InChI=1S/C18H12F3N5O3S2/c1-31(28,29)17-24-30-16-23-15(27)13(14(22)26(16)17)9-12-6-3-7-25(12)11-5-2-4-10(8-11)18(19,20)21/h2-9,22H,1H3/b13-9-,22-14?. The van der Waals surface area contributed by atoms with Crippen LogP contribution in [0.15, 0.2) is 57.6 Å². The van der Waals surface area contributed by atoms with E-state index in [1.807, 2.05) is 0 Å². The number of alkyl halides is 3. The summed E-state index contributed by atoms with van der Waals surface area (Å²) in [6.07, 6.45) is -0.832. The summed E-state index contributed by atoms with van der Waals surface area (Å²) in [5, 5.41) is 7.87. The van der Waals surface area contributed by atoms with Crippen LogP contribution in [0.25, 0.3) is 11.8 Å². The van der Waals surface area contributed by atoms with Crippen molar-refractivity contribution in [2.45, 2.75) is 6.18 Å². The molecule has 1 aromatic carbocycles. The quantitative estimate of drug-likeness (QED) is 0.539. The first-order chi connectivity index (χ1) is 14.5. The highest BCUT2D eigenvalue weighted by Gasteiger charge is 2.41. The molecule has 8 nitrogen and oxygen atoms in total. The number of rotatable bonds is 2. The zero-order valence-electron chi connectivity index (χ0n) is 15.6. The third-order valence-corrected chi connectivity index (χ3v) is 6.10. The number of nitrogens with one attached hydrogen (secondary N) is 1. The number of aromatic nitrogens is 1. The van der Waals surface area contributed by atoms with Gasteiger partial charge in [0, 0.05) is 23.8 Å². The summed E-state index contributed by atoms with van der Waals surface area (Å²) in [6, 6.07) is 7.73. The molecule has 4 rings (SSSR count). The molecule has 3 heterocycles. The van der Waals surface area contributed by atoms with E-state index in [1.165, 1.54) is 35.0 Å². The van der Waals surface area contributed by atoms with Crippen molar-refractivity contribution in [2.24, 2.45) is 9.39 Å². The van der Waals surface area contributed by atoms with Gasteiger partial charge in [0.05, 0.1) is 23.1 Å². The van der Waals surface area contributed by atoms with E-state index in [4.69, 9.17) is 5.41 Å². The van der Waals surface area contributed by atoms with E-state index < -0.39 is 38.5 Å². The van der Waals surface area contributed by atoms with Crippen molar-refractivity contribution in [3.63, 3.8) is 0 Å². The maximum atomic E-state index is 13.1. The normalized spacial score (nSPS) is 18.3. The Balaban J connectivity index is 1.77. The zero-order valence-corrected chi connectivity index (χ0v) is 17.2. The second-order valence-corrected chi connectivity index (χ2v) is 9.17. The lowest BCUT2D eigenvalue weighted by Gasteiger charge is -2.24. The minimum Gasteiger partial charge on any atom is -0.317 e. The average molecular weight is 467 g/mol. The molecule has 13 heteroatoms. The van der Waals surface area contributed by atoms with Crippen molar-refractivity contribution in [1.82, 2.24) is 9.47 Å². The van der Waals surface area contributed by atoms with E-state index in [1.54, 1.807) is 6.07 Å². The van der Waals surface area contributed by atoms with Crippen molar-refractivity contribution < 1.29 is 26.4 Å². The summed E-state index contributed by atoms with van der Waals surface area (Å²) in [5.74, 6) is -1.23. The lowest BCUT2D eigenvalue weighted by molar-refractivity contribution is -0.137. The van der Waals surface area contributed by atoms with Gasteiger partial charge in [0.15, 0.2) is 0 Å². The van der Waals surface area contributed by atoms with Gasteiger partial charge in [-0.05, 0) is 36.4 Å². The lowest BCUT2D eigenvalue weighted by Crippen LogP contribution is -2.45. The van der Waals surface area contributed by atoms with Crippen LogP contribution in [0.2, 0.25) is 0 Å². The summed E-state index contributed by atoms with van der Waals surface area (Å²) in [5.41, 5.74) is -0.567. The number of benzene rings is 1. The van der Waals surface area contributed by atoms with Gasteiger partial charge in [-0.25, -0.2) is 13.3 Å². The number of nitrogens with zero attached hydrogens (tertiary/aromatic N) is 4. The van der Waals surface area contributed by atoms with Crippen LogP contribution in [0.5, 0.6) is 0 Å². The molecule has 1 aromatic heterocycles. The Kier molecular flexibility index (Phi) is 4.89. The smallest absolute Gasteiger partial charge is 0.317 e. The van der Waals surface area contributed by atoms with Gasteiger partial charge >= 0.3 is 6.18 Å². The predicted molar refractivity (Wildman–Crippen MR) is 111 cm³/mol. The Hall–Kier alpha value is -3.19. The Labute approximate surface area is 178 Å². The van der Waals surface area contributed by atoms with Gasteiger partial charge in [0.2, 0.25) is 20.2 Å². The average Bonchev–Trinajstić information content (AvgIpc) is 3.31. The Morgan fingerprint density at radius 1 is 1.19 bits per heavy atom. The molecule has 0 fully saturated rings. The number of sulfone groups is 1. The van der Waals surface area contributed by atoms with Crippen molar-refractivity contribution in [1.29, 1.82) is 5.41 Å². The molecule has 0 radical (unpaired) electrons. The number of amides is 1. The van der Waals surface area contributed by atoms with Gasteiger partial charge < -0.3 is 4.57 Å². The van der Waals surface area contributed by atoms with E-state index in [0.29, 0.717) is 17.6 Å². The summed E-state index contributed by atoms with van der Waals surface area (Å²) in [6.45, 7) is 0. The molecule has 0 spiro atoms. The van der Waals surface area contributed by atoms with Crippen LogP contribution >= 0.6 is 11.9 Å². The molecule has 0 bridgehead atoms. The second kappa shape index (κ2) is 7.20. The fourth-order valence-electron chi connectivity index (χ4n) is 2.96. The number of carbonyl (C=O) groups excluding carboxylic acids is 1. The number of halogens is 3. The van der Waals surface area contributed by atoms with Crippen LogP contribution in [0, 0.1) is 5.41 Å². The monoisotopic (exact) mass is 467 g/mol. The highest BCUT2D eigenvalue weighted by molar-refractivity contribution is 8.16. The zero-order chi connectivity index (χ0) is 22.6. The van der Waals surface area contributed by atoms with E-state index in [0.717, 1.165) is 23.3 Å². The summed E-state index contributed by atoms with van der Waals surface area (Å²) in [7, 11) is -3.80. The molecule has 0 saturated heterocycles. The minimum atomic E-state index is -4.52. The minimum absolute atomic E-state index is 0.0548. The van der Waals surface area contributed by atoms with Crippen LogP contribution in [0.4, 0.5) is 13.2 Å². The van der Waals surface area contributed by atoms with Crippen molar-refractivity contribution in [3.8, 4) is 5.69 Å². The summed E-state index contributed by atoms with van der Waals surface area (Å²) in [4.78, 5) is 17.2. The van der Waals surface area contributed by atoms with E-state index >= 15 is 0 Å². The van der Waals surface area contributed by atoms with Gasteiger partial charge in [-0.1, -0.05) is 6.07 Å². The van der Waals surface area contributed by atoms with Gasteiger partial charge in [0.1, 0.15) is 5.84 Å². The Bertz CT molecular complexity index is 1320. The van der Waals surface area contributed by atoms with Crippen LogP contribution in [-0.2, 0) is 20.8 Å². The van der Waals surface area contributed by atoms with E-state index in [9.17, 15) is 26.4 Å². The molecule has 1 amide bonds. The van der Waals surface area contributed by atoms with Gasteiger partial charge in [-0.3, -0.25) is 10.2 Å². The first kappa shape index (κ1) is 21.1. The molecule has 31 heavy (non-hydrogen) atoms. The predicted octanol–water partition coefficient (Wildman–Crippen LogP) is 3.12. The molecule has 0 atom stereocenters. The number of amidine groups is 3. The molecule has 0 saturated carbocycles. The molecular formula is C18H12F3N5O3S2. The van der Waals surface area contributed by atoms with Gasteiger partial charge in [0.25, 0.3) is 5.91 Å². The van der Waals surface area contributed by atoms with Crippen LogP contribution < -0.4 is 0 Å². The lowest BCUT2D eigenvalue weighted by atomic mass is 10.1. The number of fused-ring (bicyclic) bond motifs is 1. The van der Waals surface area contributed by atoms with Crippen molar-refractivity contribution in [2.75, 3.05) is 6.26 Å². The molecule has 160 valence electrons. The number of aliphatic imine (C=N–C) groups is 1. The maximum Gasteiger partial charge on any atom is 0.416 e. The third kappa shape index (κ3) is 3.81. The molecule has 2 aromatic rings. The first-order valence-electron chi connectivity index (χ1n) is 8.50. The fourth-order valence-corrected chi connectivity index (χ4v) is 4.81. The molecule has 1 N–H and O–H groups in total. The molecule has 0 aliphatic carbocycles. The summed E-state index contributed by atoms with van der Waals surface area (Å²) < 4.78 is 68.3. The van der Waals surface area contributed by atoms with Crippen molar-refractivity contribution >= 4 is 49.9 Å².